The number of carboxylic acids is 1. The predicted octanol–water partition coefficient (Wildman–Crippen LogP) is 4.88. The van der Waals surface area contributed by atoms with Gasteiger partial charge in [0.05, 0.1) is 19.2 Å². The quantitative estimate of drug-likeness (QED) is 0.408. The van der Waals surface area contributed by atoms with Crippen LogP contribution in [0.1, 0.15) is 52.0 Å². The SMILES string of the molecule is CC[C@H]1Cc2ccc(OCCN3CCc4ccc(C(=O)OC)cc43)cc2C(C(=O)O)N1Cc1ccccc1. The molecule has 38 heavy (non-hydrogen) atoms. The van der Waals surface area contributed by atoms with E-state index in [2.05, 4.69) is 16.7 Å². The van der Waals surface area contributed by atoms with Crippen molar-refractivity contribution in [1.29, 1.82) is 0 Å². The molecule has 2 aliphatic rings. The number of rotatable bonds is 9. The van der Waals surface area contributed by atoms with Gasteiger partial charge in [0, 0.05) is 24.8 Å². The summed E-state index contributed by atoms with van der Waals surface area (Å²) in [4.78, 5) is 28.9. The van der Waals surface area contributed by atoms with Gasteiger partial charge < -0.3 is 19.5 Å². The van der Waals surface area contributed by atoms with Gasteiger partial charge in [-0.15, -0.1) is 0 Å². The molecule has 7 heteroatoms. The molecule has 1 N–H and O–H groups in total. The largest absolute Gasteiger partial charge is 0.492 e. The molecule has 7 nitrogen and oxygen atoms in total. The number of aliphatic carboxylic acids is 1. The van der Waals surface area contributed by atoms with Gasteiger partial charge in [-0.05, 0) is 65.8 Å². The maximum Gasteiger partial charge on any atom is 0.337 e. The molecule has 0 radical (unpaired) electrons. The van der Waals surface area contributed by atoms with E-state index in [4.69, 9.17) is 9.47 Å². The number of esters is 1. The van der Waals surface area contributed by atoms with Crippen molar-refractivity contribution < 1.29 is 24.2 Å². The molecule has 2 aliphatic heterocycles. The van der Waals surface area contributed by atoms with Crippen LogP contribution in [0.5, 0.6) is 5.75 Å². The van der Waals surface area contributed by atoms with Crippen LogP contribution in [0.4, 0.5) is 5.69 Å². The molecule has 2 heterocycles. The van der Waals surface area contributed by atoms with E-state index in [1.807, 2.05) is 60.7 Å². The third-order valence-corrected chi connectivity index (χ3v) is 7.71. The van der Waals surface area contributed by atoms with Crippen LogP contribution >= 0.6 is 0 Å². The van der Waals surface area contributed by atoms with Crippen molar-refractivity contribution in [3.05, 3.63) is 94.5 Å². The normalized spacial score (nSPS) is 18.5. The molecule has 0 aromatic heterocycles. The van der Waals surface area contributed by atoms with E-state index in [0.29, 0.717) is 31.0 Å². The molecule has 1 unspecified atom stereocenters. The van der Waals surface area contributed by atoms with Crippen molar-refractivity contribution in [3.63, 3.8) is 0 Å². The zero-order valence-electron chi connectivity index (χ0n) is 21.9. The maximum atomic E-state index is 12.6. The highest BCUT2D eigenvalue weighted by Crippen LogP contribution is 2.38. The summed E-state index contributed by atoms with van der Waals surface area (Å²) in [6.07, 6.45) is 2.62. The van der Waals surface area contributed by atoms with E-state index >= 15 is 0 Å². The third-order valence-electron chi connectivity index (χ3n) is 7.71. The van der Waals surface area contributed by atoms with E-state index in [0.717, 1.165) is 48.2 Å². The van der Waals surface area contributed by atoms with Crippen LogP contribution in [-0.2, 0) is 28.9 Å². The van der Waals surface area contributed by atoms with Gasteiger partial charge in [0.1, 0.15) is 18.4 Å². The lowest BCUT2D eigenvalue weighted by molar-refractivity contribution is -0.145. The highest BCUT2D eigenvalue weighted by Gasteiger charge is 2.38. The van der Waals surface area contributed by atoms with E-state index in [9.17, 15) is 14.7 Å². The van der Waals surface area contributed by atoms with Crippen molar-refractivity contribution in [3.8, 4) is 5.75 Å². The molecule has 198 valence electrons. The summed E-state index contributed by atoms with van der Waals surface area (Å²) in [5, 5.41) is 10.3. The van der Waals surface area contributed by atoms with Crippen molar-refractivity contribution >= 4 is 17.6 Å². The summed E-state index contributed by atoms with van der Waals surface area (Å²) in [5.74, 6) is -0.510. The number of ether oxygens (including phenoxy) is 2. The van der Waals surface area contributed by atoms with E-state index in [1.165, 1.54) is 12.7 Å². The van der Waals surface area contributed by atoms with Gasteiger partial charge >= 0.3 is 11.9 Å². The molecule has 0 aliphatic carbocycles. The third kappa shape index (κ3) is 5.24. The lowest BCUT2D eigenvalue weighted by atomic mass is 9.86. The van der Waals surface area contributed by atoms with Gasteiger partial charge in [0.2, 0.25) is 0 Å². The Morgan fingerprint density at radius 3 is 2.55 bits per heavy atom. The second-order valence-corrected chi connectivity index (χ2v) is 9.95. The molecule has 3 aromatic rings. The maximum absolute atomic E-state index is 12.6. The highest BCUT2D eigenvalue weighted by molar-refractivity contribution is 5.91. The number of benzene rings is 3. The van der Waals surface area contributed by atoms with Crippen LogP contribution in [0.2, 0.25) is 0 Å². The summed E-state index contributed by atoms with van der Waals surface area (Å²) in [7, 11) is 1.39. The summed E-state index contributed by atoms with van der Waals surface area (Å²) in [5.41, 5.74) is 5.78. The predicted molar refractivity (Wildman–Crippen MR) is 146 cm³/mol. The Kier molecular flexibility index (Phi) is 7.65. The minimum Gasteiger partial charge on any atom is -0.492 e. The minimum atomic E-state index is -0.840. The van der Waals surface area contributed by atoms with Crippen molar-refractivity contribution in [2.45, 2.75) is 44.8 Å². The molecule has 0 fully saturated rings. The van der Waals surface area contributed by atoms with Gasteiger partial charge in [-0.25, -0.2) is 4.79 Å². The van der Waals surface area contributed by atoms with E-state index in [1.54, 1.807) is 6.07 Å². The Morgan fingerprint density at radius 2 is 1.82 bits per heavy atom. The molecule has 0 bridgehead atoms. The molecule has 2 atom stereocenters. The lowest BCUT2D eigenvalue weighted by Crippen LogP contribution is -2.46. The van der Waals surface area contributed by atoms with Crippen LogP contribution in [0.15, 0.2) is 66.7 Å². The zero-order valence-corrected chi connectivity index (χ0v) is 21.9. The average molecular weight is 515 g/mol. The first-order valence-electron chi connectivity index (χ1n) is 13.2. The lowest BCUT2D eigenvalue weighted by Gasteiger charge is -2.41. The smallest absolute Gasteiger partial charge is 0.337 e. The summed E-state index contributed by atoms with van der Waals surface area (Å²) < 4.78 is 11.0. The average Bonchev–Trinajstić information content (AvgIpc) is 3.34. The standard InChI is InChI=1S/C31H34N2O5/c1-3-25-17-23-11-12-26(19-27(23)29(30(34)35)33(25)20-21-7-5-4-6-8-21)38-16-15-32-14-13-22-9-10-24(18-28(22)32)31(36)37-2/h4-12,18-19,25,29H,3,13-17,20H2,1-2H3,(H,34,35)/t25-,29?/m0/s1. The van der Waals surface area contributed by atoms with Crippen LogP contribution in [0.25, 0.3) is 0 Å². The van der Waals surface area contributed by atoms with Crippen molar-refractivity contribution in [2.24, 2.45) is 0 Å². The number of methoxy groups -OCH3 is 1. The zero-order chi connectivity index (χ0) is 26.6. The number of anilines is 1. The first-order valence-corrected chi connectivity index (χ1v) is 13.2. The summed E-state index contributed by atoms with van der Waals surface area (Å²) >= 11 is 0. The Morgan fingerprint density at radius 1 is 1.03 bits per heavy atom. The van der Waals surface area contributed by atoms with Gasteiger partial charge in [-0.2, -0.15) is 0 Å². The van der Waals surface area contributed by atoms with Crippen LogP contribution in [0, 0.1) is 0 Å². The Hall–Kier alpha value is -3.84. The van der Waals surface area contributed by atoms with Crippen molar-refractivity contribution in [2.75, 3.05) is 31.7 Å². The number of nitrogens with zero attached hydrogens (tertiary/aromatic N) is 2. The number of hydrogen-bond acceptors (Lipinski definition) is 6. The fourth-order valence-electron chi connectivity index (χ4n) is 5.73. The molecule has 0 saturated heterocycles. The topological polar surface area (TPSA) is 79.3 Å². The first kappa shape index (κ1) is 25.8. The van der Waals surface area contributed by atoms with Gasteiger partial charge in [0.15, 0.2) is 0 Å². The molecular formula is C31H34N2O5. The number of carbonyl (C=O) groups excluding carboxylic acids is 1. The van der Waals surface area contributed by atoms with Gasteiger partial charge in [0.25, 0.3) is 0 Å². The fourth-order valence-corrected chi connectivity index (χ4v) is 5.73. The molecule has 0 saturated carbocycles. The number of hydrogen-bond donors (Lipinski definition) is 1. The van der Waals surface area contributed by atoms with Crippen LogP contribution in [0.3, 0.4) is 0 Å². The highest BCUT2D eigenvalue weighted by atomic mass is 16.5. The summed E-state index contributed by atoms with van der Waals surface area (Å²) in [6, 6.07) is 21.0. The molecule has 0 spiro atoms. The molecule has 3 aromatic carbocycles. The van der Waals surface area contributed by atoms with E-state index in [-0.39, 0.29) is 12.0 Å². The summed E-state index contributed by atoms with van der Waals surface area (Å²) in [6.45, 7) is 4.68. The van der Waals surface area contributed by atoms with Crippen LogP contribution in [-0.4, -0.2) is 54.8 Å². The van der Waals surface area contributed by atoms with Crippen molar-refractivity contribution in [1.82, 2.24) is 4.90 Å². The van der Waals surface area contributed by atoms with Crippen LogP contribution < -0.4 is 9.64 Å². The molecule has 0 amide bonds. The monoisotopic (exact) mass is 514 g/mol. The minimum absolute atomic E-state index is 0.153. The van der Waals surface area contributed by atoms with E-state index < -0.39 is 12.0 Å². The first-order chi connectivity index (χ1) is 18.5. The number of fused-ring (bicyclic) bond motifs is 2. The Bertz CT molecular complexity index is 1310. The molecular weight excluding hydrogens is 480 g/mol. The second kappa shape index (κ2) is 11.3. The fraction of sp³-hybridized carbons (Fsp3) is 0.355. The Labute approximate surface area is 223 Å². The number of carbonyl (C=O) groups is 2. The van der Waals surface area contributed by atoms with Gasteiger partial charge in [-0.3, -0.25) is 9.69 Å². The second-order valence-electron chi connectivity index (χ2n) is 9.95. The molecule has 5 rings (SSSR count). The number of carboxylic acid groups (broad SMARTS) is 1. The Balaban J connectivity index is 1.31. The van der Waals surface area contributed by atoms with Gasteiger partial charge in [-0.1, -0.05) is 49.4 Å².